The highest BCUT2D eigenvalue weighted by molar-refractivity contribution is 7.89. The van der Waals surface area contributed by atoms with Crippen LogP contribution in [-0.2, 0) is 16.6 Å². The Kier molecular flexibility index (Phi) is 9.16. The summed E-state index contributed by atoms with van der Waals surface area (Å²) in [5.41, 5.74) is 14.3. The van der Waals surface area contributed by atoms with E-state index in [0.29, 0.717) is 12.1 Å². The van der Waals surface area contributed by atoms with Crippen molar-refractivity contribution in [2.45, 2.75) is 25.3 Å². The van der Waals surface area contributed by atoms with Crippen molar-refractivity contribution in [1.29, 1.82) is 5.26 Å². The van der Waals surface area contributed by atoms with E-state index < -0.39 is 10.0 Å². The van der Waals surface area contributed by atoms with Crippen LogP contribution < -0.4 is 9.71 Å². The van der Waals surface area contributed by atoms with Gasteiger partial charge in [0, 0.05) is 70.4 Å². The van der Waals surface area contributed by atoms with Crippen molar-refractivity contribution in [3.8, 4) is 73.1 Å². The molecule has 0 aliphatic carbocycles. The highest BCUT2D eigenvalue weighted by Gasteiger charge is 2.22. The minimum absolute atomic E-state index is 0.0683. The minimum atomic E-state index is -3.84. The third-order valence-corrected chi connectivity index (χ3v) is 10.6. The van der Waals surface area contributed by atoms with Gasteiger partial charge in [0.2, 0.25) is 10.0 Å². The van der Waals surface area contributed by atoms with Crippen LogP contribution in [0, 0.1) is 25.2 Å². The largest absolute Gasteiger partial charge is 0.282 e. The van der Waals surface area contributed by atoms with Crippen LogP contribution in [0.15, 0.2) is 139 Å². The molecule has 0 saturated carbocycles. The quantitative estimate of drug-likeness (QED) is 0.130. The number of sulfonamides is 1. The number of H-pyrrole nitrogens is 2. The number of nitrogens with two attached hydrogens (primary N) is 1. The number of hydrogen-bond donors (Lipinski definition) is 3. The van der Waals surface area contributed by atoms with Crippen LogP contribution in [-0.4, -0.2) is 38.8 Å². The van der Waals surface area contributed by atoms with Crippen molar-refractivity contribution < 1.29 is 13.0 Å². The van der Waals surface area contributed by atoms with Gasteiger partial charge in [-0.05, 0) is 77.6 Å². The Balaban J connectivity index is 1.10. The molecule has 0 aliphatic heterocycles. The second-order valence-corrected chi connectivity index (χ2v) is 14.8. The summed E-state index contributed by atoms with van der Waals surface area (Å²) in [5.74, 6) is 0. The molecule has 0 unspecified atom stereocenters. The molecule has 268 valence electrons. The first-order valence-electron chi connectivity index (χ1n) is 17.4. The predicted octanol–water partition coefficient (Wildman–Crippen LogP) is 7.40. The lowest BCUT2D eigenvalue weighted by Gasteiger charge is -2.12. The van der Waals surface area contributed by atoms with Crippen LogP contribution in [0.5, 0.6) is 0 Å². The summed E-state index contributed by atoms with van der Waals surface area (Å²) in [4.78, 5) is 8.35. The summed E-state index contributed by atoms with van der Waals surface area (Å²) >= 11 is 0. The van der Waals surface area contributed by atoms with Gasteiger partial charge in [0.05, 0.1) is 10.5 Å². The fraction of sp³-hybridized carbons (Fsp3) is 0.0698. The van der Waals surface area contributed by atoms with E-state index in [1.807, 2.05) is 74.8 Å². The van der Waals surface area contributed by atoms with Gasteiger partial charge in [-0.1, -0.05) is 54.6 Å². The Hall–Kier alpha value is -7.07. The Morgan fingerprint density at radius 3 is 2.09 bits per heavy atom. The Labute approximate surface area is 317 Å². The van der Waals surface area contributed by atoms with E-state index in [9.17, 15) is 13.7 Å². The van der Waals surface area contributed by atoms with Gasteiger partial charge in [-0.25, -0.2) is 13.6 Å². The zero-order chi connectivity index (χ0) is 38.1. The summed E-state index contributed by atoms with van der Waals surface area (Å²) in [6, 6.07) is 33.0. The molecule has 0 bridgehead atoms. The van der Waals surface area contributed by atoms with Gasteiger partial charge in [0.1, 0.15) is 23.2 Å². The number of nitrogens with zero attached hydrogens (tertiary/aromatic N) is 6. The number of primary sulfonamides is 1. The van der Waals surface area contributed by atoms with Crippen LogP contribution >= 0.6 is 0 Å². The molecule has 0 fully saturated rings. The molecular weight excluding hydrogens is 707 g/mol. The van der Waals surface area contributed by atoms with Crippen molar-refractivity contribution in [3.05, 3.63) is 157 Å². The van der Waals surface area contributed by atoms with Crippen LogP contribution in [0.1, 0.15) is 22.5 Å². The van der Waals surface area contributed by atoms with E-state index in [1.54, 1.807) is 36.9 Å². The molecule has 3 aromatic carbocycles. The van der Waals surface area contributed by atoms with Crippen LogP contribution in [0.2, 0.25) is 0 Å². The van der Waals surface area contributed by atoms with E-state index in [2.05, 4.69) is 66.2 Å². The number of rotatable bonds is 9. The lowest BCUT2D eigenvalue weighted by Crippen LogP contribution is -2.33. The molecule has 0 aliphatic rings. The first-order valence-corrected chi connectivity index (χ1v) is 18.9. The topological polar surface area (TPSA) is 171 Å². The number of nitriles is 1. The number of aromatic nitrogens is 7. The summed E-state index contributed by atoms with van der Waals surface area (Å²) < 4.78 is 26.2. The molecule has 55 heavy (non-hydrogen) atoms. The molecule has 0 saturated heterocycles. The summed E-state index contributed by atoms with van der Waals surface area (Å²) in [6.45, 7) is 4.53. The summed E-state index contributed by atoms with van der Waals surface area (Å²) in [6.07, 6.45) is 10.8. The fourth-order valence-electron chi connectivity index (χ4n) is 6.95. The van der Waals surface area contributed by atoms with Crippen molar-refractivity contribution in [2.24, 2.45) is 5.14 Å². The zero-order valence-electron chi connectivity index (χ0n) is 29.9. The summed E-state index contributed by atoms with van der Waals surface area (Å²) in [5, 5.41) is 30.9. The van der Waals surface area contributed by atoms with Crippen molar-refractivity contribution >= 4 is 10.0 Å². The van der Waals surface area contributed by atoms with Crippen molar-refractivity contribution in [3.63, 3.8) is 0 Å². The van der Waals surface area contributed by atoms with Crippen molar-refractivity contribution in [1.82, 2.24) is 30.4 Å². The molecule has 0 radical (unpaired) electrons. The fourth-order valence-corrected chi connectivity index (χ4v) is 7.51. The lowest BCUT2D eigenvalue weighted by atomic mass is 9.93. The van der Waals surface area contributed by atoms with Crippen LogP contribution in [0.25, 0.3) is 67.0 Å². The van der Waals surface area contributed by atoms with Gasteiger partial charge >= 0.3 is 0 Å². The van der Waals surface area contributed by atoms with Crippen molar-refractivity contribution in [2.75, 3.05) is 0 Å². The average molecular weight is 741 g/mol. The van der Waals surface area contributed by atoms with Gasteiger partial charge in [-0.15, -0.1) is 0 Å². The van der Waals surface area contributed by atoms with Gasteiger partial charge in [-0.3, -0.25) is 20.2 Å². The normalized spacial score (nSPS) is 11.4. The minimum Gasteiger partial charge on any atom is -0.282 e. The van der Waals surface area contributed by atoms with E-state index >= 15 is 0 Å². The molecule has 12 heteroatoms. The Morgan fingerprint density at radius 2 is 1.36 bits per heavy atom. The predicted molar refractivity (Wildman–Crippen MR) is 210 cm³/mol. The van der Waals surface area contributed by atoms with Gasteiger partial charge < -0.3 is 0 Å². The molecule has 0 atom stereocenters. The van der Waals surface area contributed by atoms with Gasteiger partial charge in [0.15, 0.2) is 18.9 Å². The molecule has 8 rings (SSSR count). The number of aromatic amines is 2. The lowest BCUT2D eigenvalue weighted by molar-refractivity contribution is -0.688. The van der Waals surface area contributed by atoms with Gasteiger partial charge in [0.25, 0.3) is 0 Å². The standard InChI is InChI=1S/C43H33N9O2S/c1-27-22-34(10-11-37(27)33-4-3-5-36(23-33)55(45,53)54)41-39(49-51-43(41)31-12-17-46-18-13-31)26-52-20-15-32(16-21-52)42-40(28(2)48-50-42)30-8-6-29(7-9-30)38-14-19-47-25-35(38)24-44/h3-23,25H,26H2,1-2H3,(H3,45,46,49,51,53,54)/p+1. The Morgan fingerprint density at radius 1 is 0.691 bits per heavy atom. The number of aryl methyl sites for hydroxylation is 2. The highest BCUT2D eigenvalue weighted by atomic mass is 32.2. The Bertz CT molecular complexity index is 2840. The molecule has 5 heterocycles. The number of pyridine rings is 3. The smallest absolute Gasteiger partial charge is 0.238 e. The monoisotopic (exact) mass is 740 g/mol. The van der Waals surface area contributed by atoms with E-state index in [0.717, 1.165) is 84.0 Å². The molecule has 11 nitrogen and oxygen atoms in total. The molecule has 4 N–H and O–H groups in total. The van der Waals surface area contributed by atoms with E-state index in [1.165, 1.54) is 6.07 Å². The summed E-state index contributed by atoms with van der Waals surface area (Å²) in [7, 11) is -3.84. The maximum absolute atomic E-state index is 12.1. The second kappa shape index (κ2) is 14.4. The maximum Gasteiger partial charge on any atom is 0.238 e. The SMILES string of the molecule is Cc1cc(-c2c(-c3ccncc3)n[nH]c2C[n+]2ccc(-c3n[nH]c(C)c3-c3ccc(-c4ccncc4C#N)cc3)cc2)ccc1-c1cccc(S(N)(=O)=O)c1. The maximum atomic E-state index is 12.1. The zero-order valence-corrected chi connectivity index (χ0v) is 30.7. The first kappa shape index (κ1) is 35.0. The number of hydrogen-bond acceptors (Lipinski definition) is 7. The third kappa shape index (κ3) is 6.93. The van der Waals surface area contributed by atoms with E-state index in [-0.39, 0.29) is 4.90 Å². The molecule has 5 aromatic heterocycles. The molecule has 0 amide bonds. The van der Waals surface area contributed by atoms with E-state index in [4.69, 9.17) is 10.2 Å². The van der Waals surface area contributed by atoms with Crippen LogP contribution in [0.4, 0.5) is 0 Å². The highest BCUT2D eigenvalue weighted by Crippen LogP contribution is 2.37. The third-order valence-electron chi connectivity index (χ3n) is 9.66. The van der Waals surface area contributed by atoms with Gasteiger partial charge in [-0.2, -0.15) is 20.0 Å². The average Bonchev–Trinajstić information content (AvgIpc) is 3.81. The van der Waals surface area contributed by atoms with Crippen LogP contribution in [0.3, 0.4) is 0 Å². The number of nitrogens with one attached hydrogen (secondary N) is 2. The number of benzene rings is 3. The molecule has 8 aromatic rings. The molecule has 0 spiro atoms. The molecular formula is C43H34N9O2S+. The first-order chi connectivity index (χ1) is 26.7. The second-order valence-electron chi connectivity index (χ2n) is 13.2.